The Kier molecular flexibility index (Phi) is 2.51. The predicted octanol–water partition coefficient (Wildman–Crippen LogP) is 1.32. The summed E-state index contributed by atoms with van der Waals surface area (Å²) in [4.78, 5) is 10.2. The van der Waals surface area contributed by atoms with Gasteiger partial charge >= 0.3 is 0 Å². The molecule has 0 aromatic carbocycles. The minimum absolute atomic E-state index is 0.657. The molecule has 0 aliphatic rings. The van der Waals surface area contributed by atoms with Crippen molar-refractivity contribution in [2.24, 2.45) is 0 Å². The van der Waals surface area contributed by atoms with E-state index in [0.29, 0.717) is 12.1 Å². The molecule has 56 valence electrons. The highest BCUT2D eigenvalue weighted by atomic mass is 16.1. The van der Waals surface area contributed by atoms with E-state index >= 15 is 0 Å². The summed E-state index contributed by atoms with van der Waals surface area (Å²) in [5.74, 6) is 5.68. The molecule has 0 bridgehead atoms. The van der Waals surface area contributed by atoms with E-state index in [1.807, 2.05) is 10.8 Å². The fourth-order valence-corrected chi connectivity index (χ4v) is 0.798. The molecule has 0 saturated carbocycles. The summed E-state index contributed by atoms with van der Waals surface area (Å²) < 4.78 is 1.88. The molecule has 1 rings (SSSR count). The molecule has 11 heavy (non-hydrogen) atoms. The maximum Gasteiger partial charge on any atom is 0.151 e. The zero-order valence-corrected chi connectivity index (χ0v) is 6.37. The fraction of sp³-hybridized carbons (Fsp3) is 0.222. The Morgan fingerprint density at radius 1 is 1.73 bits per heavy atom. The largest absolute Gasteiger partial charge is 0.342 e. The van der Waals surface area contributed by atoms with Crippen molar-refractivity contribution in [1.29, 1.82) is 0 Å². The van der Waals surface area contributed by atoms with Crippen molar-refractivity contribution in [3.8, 4) is 11.8 Å². The van der Waals surface area contributed by atoms with Crippen molar-refractivity contribution in [3.05, 3.63) is 24.0 Å². The van der Waals surface area contributed by atoms with Gasteiger partial charge in [-0.25, -0.2) is 0 Å². The summed E-state index contributed by atoms with van der Waals surface area (Å²) in [6.45, 7) is 2.45. The molecule has 0 radical (unpaired) electrons. The molecule has 0 aliphatic heterocycles. The molecule has 0 aliphatic carbocycles. The van der Waals surface area contributed by atoms with E-state index in [9.17, 15) is 4.79 Å². The van der Waals surface area contributed by atoms with Gasteiger partial charge < -0.3 is 4.57 Å². The molecule has 2 nitrogen and oxygen atoms in total. The van der Waals surface area contributed by atoms with Gasteiger partial charge in [-0.2, -0.15) is 0 Å². The number of carbonyl (C=O) groups excluding carboxylic acids is 1. The van der Waals surface area contributed by atoms with E-state index in [1.165, 1.54) is 0 Å². The van der Waals surface area contributed by atoms with Gasteiger partial charge in [0.15, 0.2) is 6.29 Å². The van der Waals surface area contributed by atoms with Gasteiger partial charge in [0, 0.05) is 18.0 Å². The summed E-state index contributed by atoms with van der Waals surface area (Å²) in [6.07, 6.45) is 4.45. The second-order valence-electron chi connectivity index (χ2n) is 2.16. The Morgan fingerprint density at radius 3 is 3.09 bits per heavy atom. The van der Waals surface area contributed by atoms with Crippen LogP contribution in [0.1, 0.15) is 17.3 Å². The number of nitrogens with zero attached hydrogens (tertiary/aromatic N) is 1. The fourth-order valence-electron chi connectivity index (χ4n) is 0.798. The highest BCUT2D eigenvalue weighted by molar-refractivity contribution is 5.74. The van der Waals surface area contributed by atoms with Crippen LogP contribution in [0, 0.1) is 11.8 Å². The lowest BCUT2D eigenvalue weighted by Gasteiger charge is -1.90. The first kappa shape index (κ1) is 7.62. The molecule has 2 heteroatoms. The highest BCUT2D eigenvalue weighted by Crippen LogP contribution is 1.96. The Morgan fingerprint density at radius 2 is 2.55 bits per heavy atom. The van der Waals surface area contributed by atoms with E-state index in [0.717, 1.165) is 6.29 Å². The quantitative estimate of drug-likeness (QED) is 0.457. The molecule has 0 fully saturated rings. The van der Waals surface area contributed by atoms with Crippen LogP contribution in [0.4, 0.5) is 0 Å². The number of rotatable bonds is 2. The topological polar surface area (TPSA) is 22.0 Å². The molecule has 0 spiro atoms. The van der Waals surface area contributed by atoms with Crippen molar-refractivity contribution in [1.82, 2.24) is 4.57 Å². The van der Waals surface area contributed by atoms with E-state index in [2.05, 4.69) is 11.8 Å². The van der Waals surface area contributed by atoms with Crippen molar-refractivity contribution < 1.29 is 4.79 Å². The van der Waals surface area contributed by atoms with E-state index in [-0.39, 0.29) is 0 Å². The molecular weight excluding hydrogens is 138 g/mol. The van der Waals surface area contributed by atoms with Gasteiger partial charge in [0.1, 0.15) is 0 Å². The van der Waals surface area contributed by atoms with Crippen LogP contribution in [0.3, 0.4) is 0 Å². The molecule has 0 saturated heterocycles. The second-order valence-corrected chi connectivity index (χ2v) is 2.16. The molecular formula is C9H9NO. The third kappa shape index (κ3) is 1.98. The zero-order valence-electron chi connectivity index (χ0n) is 6.37. The van der Waals surface area contributed by atoms with E-state index in [1.54, 1.807) is 19.2 Å². The van der Waals surface area contributed by atoms with Gasteiger partial charge in [0.25, 0.3) is 0 Å². The van der Waals surface area contributed by atoms with Crippen LogP contribution >= 0.6 is 0 Å². The summed E-state index contributed by atoms with van der Waals surface area (Å²) in [5.41, 5.74) is 0.697. The summed E-state index contributed by atoms with van der Waals surface area (Å²) in [7, 11) is 0. The normalized spacial score (nSPS) is 8.45. The standard InChI is InChI=1S/C9H9NO/c1-2-3-5-10-6-4-9(7-10)8-11/h4,6-8H,5H2,1H3. The Bertz CT molecular complexity index is 301. The molecule has 1 heterocycles. The molecule has 1 aromatic heterocycles. The van der Waals surface area contributed by atoms with Crippen LogP contribution in [0.2, 0.25) is 0 Å². The smallest absolute Gasteiger partial charge is 0.151 e. The van der Waals surface area contributed by atoms with Gasteiger partial charge in [-0.1, -0.05) is 5.92 Å². The van der Waals surface area contributed by atoms with Crippen LogP contribution in [0.15, 0.2) is 18.5 Å². The van der Waals surface area contributed by atoms with Gasteiger partial charge in [-0.15, -0.1) is 5.92 Å². The number of aldehydes is 1. The third-order valence-corrected chi connectivity index (χ3v) is 1.35. The van der Waals surface area contributed by atoms with Crippen LogP contribution in [0.5, 0.6) is 0 Å². The van der Waals surface area contributed by atoms with E-state index in [4.69, 9.17) is 0 Å². The summed E-state index contributed by atoms with van der Waals surface area (Å²) in [6, 6.07) is 1.77. The molecule has 0 atom stereocenters. The first-order chi connectivity index (χ1) is 5.36. The Hall–Kier alpha value is -1.49. The predicted molar refractivity (Wildman–Crippen MR) is 43.3 cm³/mol. The van der Waals surface area contributed by atoms with Crippen LogP contribution in [-0.4, -0.2) is 10.9 Å². The first-order valence-electron chi connectivity index (χ1n) is 3.37. The lowest BCUT2D eigenvalue weighted by molar-refractivity contribution is 0.112. The number of hydrogen-bond acceptors (Lipinski definition) is 1. The number of carbonyl (C=O) groups is 1. The lowest BCUT2D eigenvalue weighted by atomic mass is 10.4. The summed E-state index contributed by atoms with van der Waals surface area (Å²) in [5, 5.41) is 0. The molecule has 1 aromatic rings. The first-order valence-corrected chi connectivity index (χ1v) is 3.37. The molecule has 0 amide bonds. The van der Waals surface area contributed by atoms with Crippen LogP contribution in [0.25, 0.3) is 0 Å². The Labute approximate surface area is 65.8 Å². The average molecular weight is 147 g/mol. The van der Waals surface area contributed by atoms with Crippen molar-refractivity contribution >= 4 is 6.29 Å². The maximum absolute atomic E-state index is 10.2. The monoisotopic (exact) mass is 147 g/mol. The van der Waals surface area contributed by atoms with Gasteiger partial charge in [-0.05, 0) is 13.0 Å². The average Bonchev–Trinajstić information content (AvgIpc) is 2.48. The second kappa shape index (κ2) is 3.62. The van der Waals surface area contributed by atoms with Crippen molar-refractivity contribution in [2.45, 2.75) is 13.5 Å². The molecule has 0 N–H and O–H groups in total. The van der Waals surface area contributed by atoms with Gasteiger partial charge in [0.2, 0.25) is 0 Å². The number of aromatic nitrogens is 1. The van der Waals surface area contributed by atoms with Crippen LogP contribution < -0.4 is 0 Å². The zero-order chi connectivity index (χ0) is 8.10. The Balaban J connectivity index is 2.70. The van der Waals surface area contributed by atoms with Gasteiger partial charge in [-0.3, -0.25) is 4.79 Å². The minimum atomic E-state index is 0.657. The third-order valence-electron chi connectivity index (χ3n) is 1.35. The molecule has 0 unspecified atom stereocenters. The SMILES string of the molecule is CC#CCn1ccc(C=O)c1. The lowest BCUT2D eigenvalue weighted by Crippen LogP contribution is -1.89. The number of hydrogen-bond donors (Lipinski definition) is 0. The van der Waals surface area contributed by atoms with Crippen molar-refractivity contribution in [2.75, 3.05) is 0 Å². The van der Waals surface area contributed by atoms with Crippen LogP contribution in [-0.2, 0) is 6.54 Å². The van der Waals surface area contributed by atoms with Gasteiger partial charge in [0.05, 0.1) is 6.54 Å². The highest BCUT2D eigenvalue weighted by Gasteiger charge is 1.91. The maximum atomic E-state index is 10.2. The van der Waals surface area contributed by atoms with Crippen molar-refractivity contribution in [3.63, 3.8) is 0 Å². The summed E-state index contributed by atoms with van der Waals surface area (Å²) >= 11 is 0. The van der Waals surface area contributed by atoms with E-state index < -0.39 is 0 Å². The minimum Gasteiger partial charge on any atom is -0.342 e.